The Morgan fingerprint density at radius 3 is 2.89 bits per heavy atom. The molecule has 1 aliphatic heterocycles. The predicted octanol–water partition coefficient (Wildman–Crippen LogP) is 1.79. The van der Waals surface area contributed by atoms with Crippen molar-refractivity contribution in [2.75, 3.05) is 33.3 Å². The van der Waals surface area contributed by atoms with Gasteiger partial charge in [0.25, 0.3) is 0 Å². The van der Waals surface area contributed by atoms with Crippen LogP contribution in [0.25, 0.3) is 0 Å². The highest BCUT2D eigenvalue weighted by Crippen LogP contribution is 2.07. The first-order valence-corrected chi connectivity index (χ1v) is 7.30. The lowest BCUT2D eigenvalue weighted by molar-refractivity contribution is -0.143. The van der Waals surface area contributed by atoms with E-state index in [9.17, 15) is 4.79 Å². The van der Waals surface area contributed by atoms with Crippen molar-refractivity contribution in [2.45, 2.75) is 51.5 Å². The van der Waals surface area contributed by atoms with Gasteiger partial charge in [0, 0.05) is 19.0 Å². The number of carbonyl (C=O) groups excluding carboxylic acids is 1. The van der Waals surface area contributed by atoms with Crippen LogP contribution in [0, 0.1) is 0 Å². The molecule has 0 saturated carbocycles. The van der Waals surface area contributed by atoms with Gasteiger partial charge in [0.05, 0.1) is 6.61 Å². The Balaban J connectivity index is 1.91. The van der Waals surface area contributed by atoms with Crippen LogP contribution in [0.15, 0.2) is 0 Å². The van der Waals surface area contributed by atoms with E-state index in [4.69, 9.17) is 4.74 Å². The van der Waals surface area contributed by atoms with E-state index in [0.29, 0.717) is 19.1 Å². The van der Waals surface area contributed by atoms with Crippen LogP contribution >= 0.6 is 0 Å². The summed E-state index contributed by atoms with van der Waals surface area (Å²) in [5.41, 5.74) is 0. The van der Waals surface area contributed by atoms with Crippen molar-refractivity contribution in [1.82, 2.24) is 10.2 Å². The fourth-order valence-electron chi connectivity index (χ4n) is 2.44. The summed E-state index contributed by atoms with van der Waals surface area (Å²) in [6.45, 7) is 5.80. The Labute approximate surface area is 111 Å². The highest BCUT2D eigenvalue weighted by atomic mass is 16.5. The molecule has 0 aromatic carbocycles. The monoisotopic (exact) mass is 256 g/mol. The smallest absolute Gasteiger partial charge is 0.305 e. The number of hydrogen-bond acceptors (Lipinski definition) is 4. The van der Waals surface area contributed by atoms with Crippen LogP contribution < -0.4 is 5.32 Å². The van der Waals surface area contributed by atoms with Gasteiger partial charge in [-0.1, -0.05) is 6.42 Å². The average Bonchev–Trinajstić information content (AvgIpc) is 2.81. The molecule has 0 aliphatic carbocycles. The first-order valence-electron chi connectivity index (χ1n) is 7.30. The van der Waals surface area contributed by atoms with Gasteiger partial charge in [-0.3, -0.25) is 4.79 Å². The summed E-state index contributed by atoms with van der Waals surface area (Å²) in [7, 11) is 2.19. The van der Waals surface area contributed by atoms with Crippen molar-refractivity contribution in [3.8, 4) is 0 Å². The Morgan fingerprint density at radius 1 is 1.39 bits per heavy atom. The minimum Gasteiger partial charge on any atom is -0.466 e. The van der Waals surface area contributed by atoms with E-state index in [1.54, 1.807) is 0 Å². The quantitative estimate of drug-likeness (QED) is 0.504. The summed E-state index contributed by atoms with van der Waals surface area (Å²) >= 11 is 0. The lowest BCUT2D eigenvalue weighted by Crippen LogP contribution is -2.35. The molecule has 1 unspecified atom stereocenters. The van der Waals surface area contributed by atoms with Crippen molar-refractivity contribution in [2.24, 2.45) is 0 Å². The zero-order valence-corrected chi connectivity index (χ0v) is 11.9. The molecule has 0 amide bonds. The van der Waals surface area contributed by atoms with Gasteiger partial charge in [0.1, 0.15) is 0 Å². The number of nitrogens with zero attached hydrogens (tertiary/aromatic N) is 1. The molecule has 18 heavy (non-hydrogen) atoms. The fraction of sp³-hybridized carbons (Fsp3) is 0.929. The van der Waals surface area contributed by atoms with Crippen LogP contribution in [-0.4, -0.2) is 50.2 Å². The van der Waals surface area contributed by atoms with E-state index in [1.165, 1.54) is 25.8 Å². The highest BCUT2D eigenvalue weighted by Gasteiger charge is 2.15. The Bertz CT molecular complexity index is 228. The minimum absolute atomic E-state index is 0.0546. The largest absolute Gasteiger partial charge is 0.466 e. The van der Waals surface area contributed by atoms with E-state index in [1.807, 2.05) is 6.92 Å². The van der Waals surface area contributed by atoms with E-state index in [-0.39, 0.29) is 5.97 Å². The number of rotatable bonds is 9. The maximum atomic E-state index is 11.1. The van der Waals surface area contributed by atoms with Crippen LogP contribution in [0.1, 0.15) is 45.4 Å². The summed E-state index contributed by atoms with van der Waals surface area (Å²) in [6, 6.07) is 0.689. The number of ether oxygens (including phenoxy) is 1. The van der Waals surface area contributed by atoms with E-state index in [0.717, 1.165) is 25.9 Å². The van der Waals surface area contributed by atoms with Crippen LogP contribution in [-0.2, 0) is 9.53 Å². The van der Waals surface area contributed by atoms with Crippen LogP contribution in [0.5, 0.6) is 0 Å². The minimum atomic E-state index is -0.0546. The molecule has 4 heteroatoms. The number of esters is 1. The lowest BCUT2D eigenvalue weighted by atomic mass is 10.1. The third-order valence-electron chi connectivity index (χ3n) is 3.42. The summed E-state index contributed by atoms with van der Waals surface area (Å²) in [5, 5.41) is 3.52. The molecule has 0 bridgehead atoms. The van der Waals surface area contributed by atoms with Gasteiger partial charge < -0.3 is 15.0 Å². The molecular formula is C14H28N2O2. The van der Waals surface area contributed by atoms with Crippen molar-refractivity contribution < 1.29 is 9.53 Å². The number of hydrogen-bond donors (Lipinski definition) is 1. The topological polar surface area (TPSA) is 41.6 Å². The van der Waals surface area contributed by atoms with Gasteiger partial charge in [-0.15, -0.1) is 0 Å². The van der Waals surface area contributed by atoms with Gasteiger partial charge in [-0.2, -0.15) is 0 Å². The number of nitrogens with one attached hydrogen (secondary N) is 1. The van der Waals surface area contributed by atoms with Crippen LogP contribution in [0.2, 0.25) is 0 Å². The van der Waals surface area contributed by atoms with Crippen LogP contribution in [0.3, 0.4) is 0 Å². The molecule has 1 saturated heterocycles. The van der Waals surface area contributed by atoms with Crippen LogP contribution in [0.4, 0.5) is 0 Å². The average molecular weight is 256 g/mol. The zero-order valence-electron chi connectivity index (χ0n) is 11.9. The summed E-state index contributed by atoms with van der Waals surface area (Å²) in [5.74, 6) is -0.0546. The molecule has 1 fully saturated rings. The van der Waals surface area contributed by atoms with Crippen molar-refractivity contribution in [3.63, 3.8) is 0 Å². The maximum absolute atomic E-state index is 11.1. The zero-order chi connectivity index (χ0) is 13.2. The predicted molar refractivity (Wildman–Crippen MR) is 73.6 cm³/mol. The first-order chi connectivity index (χ1) is 8.72. The molecule has 1 atom stereocenters. The van der Waals surface area contributed by atoms with Crippen molar-refractivity contribution >= 4 is 5.97 Å². The van der Waals surface area contributed by atoms with Gasteiger partial charge in [-0.25, -0.2) is 0 Å². The van der Waals surface area contributed by atoms with Gasteiger partial charge in [-0.05, 0) is 52.7 Å². The van der Waals surface area contributed by atoms with E-state index >= 15 is 0 Å². The molecule has 0 spiro atoms. The lowest BCUT2D eigenvalue weighted by Gasteiger charge is -2.20. The van der Waals surface area contributed by atoms with Crippen molar-refractivity contribution in [3.05, 3.63) is 0 Å². The van der Waals surface area contributed by atoms with E-state index in [2.05, 4.69) is 17.3 Å². The van der Waals surface area contributed by atoms with Gasteiger partial charge in [0.15, 0.2) is 0 Å². The Kier molecular flexibility index (Phi) is 8.01. The van der Waals surface area contributed by atoms with E-state index < -0.39 is 0 Å². The summed E-state index contributed by atoms with van der Waals surface area (Å²) in [6.07, 6.45) is 6.44. The Hall–Kier alpha value is -0.610. The van der Waals surface area contributed by atoms with Gasteiger partial charge in [0.2, 0.25) is 0 Å². The molecule has 4 nitrogen and oxygen atoms in total. The molecule has 1 aliphatic rings. The normalized spacial score (nSPS) is 19.4. The second-order valence-corrected chi connectivity index (χ2v) is 5.17. The molecule has 1 rings (SSSR count). The first kappa shape index (κ1) is 15.4. The molecule has 0 aromatic heterocycles. The molecule has 0 radical (unpaired) electrons. The number of carbonyl (C=O) groups is 1. The molecular weight excluding hydrogens is 228 g/mol. The fourth-order valence-corrected chi connectivity index (χ4v) is 2.44. The highest BCUT2D eigenvalue weighted by molar-refractivity contribution is 5.69. The third-order valence-corrected chi connectivity index (χ3v) is 3.42. The third kappa shape index (κ3) is 6.97. The SMILES string of the molecule is CCOC(=O)CCCCCN(C)CC1CCCN1. The summed E-state index contributed by atoms with van der Waals surface area (Å²) < 4.78 is 4.90. The maximum Gasteiger partial charge on any atom is 0.305 e. The Morgan fingerprint density at radius 2 is 2.22 bits per heavy atom. The molecule has 1 N–H and O–H groups in total. The molecule has 106 valence electrons. The van der Waals surface area contributed by atoms with Gasteiger partial charge >= 0.3 is 5.97 Å². The second kappa shape index (κ2) is 9.34. The van der Waals surface area contributed by atoms with Crippen molar-refractivity contribution in [1.29, 1.82) is 0 Å². The molecule has 0 aromatic rings. The molecule has 1 heterocycles. The standard InChI is InChI=1S/C14H28N2O2/c1-3-18-14(17)9-5-4-6-11-16(2)12-13-8-7-10-15-13/h13,15H,3-12H2,1-2H3. The summed E-state index contributed by atoms with van der Waals surface area (Å²) in [4.78, 5) is 13.5. The number of unbranched alkanes of at least 4 members (excludes halogenated alkanes) is 2. The number of likely N-dealkylation sites (N-methyl/N-ethyl adjacent to an activating group) is 1. The second-order valence-electron chi connectivity index (χ2n) is 5.17.